The maximum Gasteiger partial charge on any atom is 0.0529 e. The Morgan fingerprint density at radius 2 is 0.762 bits per heavy atom. The minimum atomic E-state index is 1.58. The number of hydrogen-bond donors (Lipinski definition) is 3. The number of aromatic amines is 3. The number of hydrogen-bond acceptors (Lipinski definition) is 3. The molecule has 0 aliphatic heterocycles. The van der Waals surface area contributed by atoms with Crippen LogP contribution in [0.2, 0.25) is 0 Å². The predicted octanol–water partition coefficient (Wildman–Crippen LogP) is 2.92. The van der Waals surface area contributed by atoms with E-state index in [1.165, 1.54) is 0 Å². The predicted molar refractivity (Wildman–Crippen MR) is 82.2 cm³/mol. The molecule has 0 amide bonds. The zero-order valence-electron chi connectivity index (χ0n) is 11.5. The van der Waals surface area contributed by atoms with Crippen LogP contribution in [0.4, 0.5) is 0 Å². The number of nitrogens with one attached hydrogen (secondary N) is 3. The van der Waals surface area contributed by atoms with Crippen LogP contribution in [0.1, 0.15) is 0 Å². The highest BCUT2D eigenvalue weighted by molar-refractivity contribution is 4.85. The lowest BCUT2D eigenvalue weighted by Crippen LogP contribution is -1.78. The van der Waals surface area contributed by atoms with Gasteiger partial charge in [0.25, 0.3) is 0 Å². The van der Waals surface area contributed by atoms with Gasteiger partial charge in [0.1, 0.15) is 0 Å². The van der Waals surface area contributed by atoms with Crippen molar-refractivity contribution in [2.45, 2.75) is 0 Å². The van der Waals surface area contributed by atoms with Crippen molar-refractivity contribution in [3.8, 4) is 0 Å². The van der Waals surface area contributed by atoms with Gasteiger partial charge in [-0.3, -0.25) is 0 Å². The largest absolute Gasteiger partial charge is 0.368 e. The molecular formula is C15H18N6. The van der Waals surface area contributed by atoms with E-state index >= 15 is 0 Å². The van der Waals surface area contributed by atoms with Gasteiger partial charge in [-0.1, -0.05) is 0 Å². The fraction of sp³-hybridized carbons (Fsp3) is 0. The minimum Gasteiger partial charge on any atom is -0.368 e. The Bertz CT molecular complexity index is 417. The van der Waals surface area contributed by atoms with E-state index in [2.05, 4.69) is 30.4 Å². The summed E-state index contributed by atoms with van der Waals surface area (Å²) in [5, 5.41) is 10.1. The van der Waals surface area contributed by atoms with E-state index in [0.29, 0.717) is 0 Å². The molecule has 3 N–H and O–H groups in total. The number of rotatable bonds is 0. The Hall–Kier alpha value is -3.15. The van der Waals surface area contributed by atoms with Crippen molar-refractivity contribution in [1.29, 1.82) is 0 Å². The van der Waals surface area contributed by atoms with Crippen molar-refractivity contribution in [1.82, 2.24) is 30.4 Å². The molecule has 6 nitrogen and oxygen atoms in total. The lowest BCUT2D eigenvalue weighted by molar-refractivity contribution is 0.865. The lowest BCUT2D eigenvalue weighted by Gasteiger charge is -1.68. The average molecular weight is 282 g/mol. The molecular weight excluding hydrogens is 264 g/mol. The molecule has 4 rings (SSSR count). The molecule has 0 bridgehead atoms. The second-order valence-corrected chi connectivity index (χ2v) is 3.47. The van der Waals surface area contributed by atoms with Crippen LogP contribution in [0, 0.1) is 0 Å². The molecule has 0 unspecified atom stereocenters. The van der Waals surface area contributed by atoms with Crippen molar-refractivity contribution in [2.24, 2.45) is 0 Å². The van der Waals surface area contributed by atoms with Crippen LogP contribution in [0.3, 0.4) is 0 Å². The summed E-state index contributed by atoms with van der Waals surface area (Å²) in [6.45, 7) is 0. The molecule has 0 atom stereocenters. The first kappa shape index (κ1) is 15.9. The Kier molecular flexibility index (Phi) is 10.1. The van der Waals surface area contributed by atoms with Crippen LogP contribution >= 0.6 is 0 Å². The van der Waals surface area contributed by atoms with Gasteiger partial charge in [-0.25, -0.2) is 0 Å². The number of nitrogens with zero attached hydrogens (tertiary/aromatic N) is 3. The highest BCUT2D eigenvalue weighted by Gasteiger charge is 1.60. The molecule has 0 fully saturated rings. The summed E-state index contributed by atoms with van der Waals surface area (Å²) in [4.78, 5) is 8.58. The standard InChI is InChI=1S/3C4H5N.C3H3N3/c3*1-2-4-5-3-1;1-2-4-6-5-3-1/h3*1-5H;1-3H. The molecule has 0 aromatic carbocycles. The average Bonchev–Trinajstić information content (AvgIpc) is 3.38. The number of aromatic nitrogens is 6. The van der Waals surface area contributed by atoms with Gasteiger partial charge in [0, 0.05) is 37.2 Å². The first-order chi connectivity index (χ1) is 10.5. The summed E-state index contributed by atoms with van der Waals surface area (Å²) in [6.07, 6.45) is 14.4. The van der Waals surface area contributed by atoms with Gasteiger partial charge >= 0.3 is 0 Å². The third kappa shape index (κ3) is 11.7. The molecule has 0 saturated heterocycles. The SMILES string of the molecule is c1cc[nH]c1.c1cc[nH]c1.c1cc[nH]c1.c1cnnnc1. The fourth-order valence-corrected chi connectivity index (χ4v) is 1.04. The number of H-pyrrole nitrogens is 3. The van der Waals surface area contributed by atoms with E-state index in [1.807, 2.05) is 73.6 Å². The summed E-state index contributed by atoms with van der Waals surface area (Å²) >= 11 is 0. The molecule has 6 heteroatoms. The summed E-state index contributed by atoms with van der Waals surface area (Å²) in [5.41, 5.74) is 0. The Morgan fingerprint density at radius 1 is 0.429 bits per heavy atom. The van der Waals surface area contributed by atoms with Gasteiger partial charge in [0.2, 0.25) is 0 Å². The van der Waals surface area contributed by atoms with Crippen LogP contribution in [0.5, 0.6) is 0 Å². The van der Waals surface area contributed by atoms with Gasteiger partial charge in [-0.15, -0.1) is 10.2 Å². The Morgan fingerprint density at radius 3 is 0.857 bits per heavy atom. The summed E-state index contributed by atoms with van der Waals surface area (Å²) < 4.78 is 0. The molecule has 21 heavy (non-hydrogen) atoms. The first-order valence-electron chi connectivity index (χ1n) is 6.32. The lowest BCUT2D eigenvalue weighted by atomic mass is 10.7. The van der Waals surface area contributed by atoms with E-state index in [1.54, 1.807) is 18.5 Å². The van der Waals surface area contributed by atoms with Crippen molar-refractivity contribution >= 4 is 0 Å². The highest BCUT2D eigenvalue weighted by Crippen LogP contribution is 1.73. The molecule has 0 radical (unpaired) electrons. The minimum absolute atomic E-state index is 1.58. The van der Waals surface area contributed by atoms with Crippen LogP contribution in [0.25, 0.3) is 0 Å². The van der Waals surface area contributed by atoms with Crippen LogP contribution in [0.15, 0.2) is 92.0 Å². The molecule has 108 valence electrons. The van der Waals surface area contributed by atoms with Crippen molar-refractivity contribution in [3.05, 3.63) is 92.0 Å². The first-order valence-corrected chi connectivity index (χ1v) is 6.32. The van der Waals surface area contributed by atoms with Gasteiger partial charge < -0.3 is 15.0 Å². The Labute approximate surface area is 123 Å². The highest BCUT2D eigenvalue weighted by atomic mass is 15.3. The van der Waals surface area contributed by atoms with E-state index in [9.17, 15) is 0 Å². The van der Waals surface area contributed by atoms with Crippen LogP contribution in [-0.2, 0) is 0 Å². The molecule has 0 saturated carbocycles. The monoisotopic (exact) mass is 282 g/mol. The maximum absolute atomic E-state index is 3.42. The summed E-state index contributed by atoms with van der Waals surface area (Å²) in [6, 6.07) is 13.4. The van der Waals surface area contributed by atoms with E-state index in [0.717, 1.165) is 0 Å². The van der Waals surface area contributed by atoms with Gasteiger partial charge in [-0.2, -0.15) is 0 Å². The third-order valence-corrected chi connectivity index (χ3v) is 1.90. The molecule has 4 aromatic rings. The van der Waals surface area contributed by atoms with Crippen molar-refractivity contribution in [3.63, 3.8) is 0 Å². The normalized spacial score (nSPS) is 8.00. The fourth-order valence-electron chi connectivity index (χ4n) is 1.04. The van der Waals surface area contributed by atoms with Gasteiger partial charge in [0.15, 0.2) is 0 Å². The van der Waals surface area contributed by atoms with Crippen LogP contribution < -0.4 is 0 Å². The van der Waals surface area contributed by atoms with Crippen molar-refractivity contribution in [2.75, 3.05) is 0 Å². The van der Waals surface area contributed by atoms with E-state index in [-0.39, 0.29) is 0 Å². The summed E-state index contributed by atoms with van der Waals surface area (Å²) in [7, 11) is 0. The van der Waals surface area contributed by atoms with Crippen molar-refractivity contribution < 1.29 is 0 Å². The smallest absolute Gasteiger partial charge is 0.0529 e. The van der Waals surface area contributed by atoms with Gasteiger partial charge in [-0.05, 0) is 47.7 Å². The molecule has 4 heterocycles. The second-order valence-electron chi connectivity index (χ2n) is 3.47. The zero-order valence-corrected chi connectivity index (χ0v) is 11.5. The molecule has 0 aliphatic rings. The Balaban J connectivity index is 0.000000140. The van der Waals surface area contributed by atoms with E-state index in [4.69, 9.17) is 0 Å². The topological polar surface area (TPSA) is 86.0 Å². The second kappa shape index (κ2) is 13.3. The molecule has 0 spiro atoms. The molecule has 4 aromatic heterocycles. The van der Waals surface area contributed by atoms with E-state index < -0.39 is 0 Å². The third-order valence-electron chi connectivity index (χ3n) is 1.90. The quantitative estimate of drug-likeness (QED) is 0.463. The van der Waals surface area contributed by atoms with Gasteiger partial charge in [0.05, 0.1) is 12.4 Å². The molecule has 0 aliphatic carbocycles. The van der Waals surface area contributed by atoms with Crippen LogP contribution in [-0.4, -0.2) is 30.4 Å². The maximum atomic E-state index is 3.42. The summed E-state index contributed by atoms with van der Waals surface area (Å²) in [5.74, 6) is 0. The zero-order chi connectivity index (χ0) is 14.8.